The Balaban J connectivity index is 1.49. The molecule has 4 N–H and O–H groups in total. The van der Waals surface area contributed by atoms with Gasteiger partial charge >= 0.3 is 11.7 Å². The molecular formula is C23H28N6O4. The first-order valence-corrected chi connectivity index (χ1v) is 11.1. The number of nitrogens with one attached hydrogen (secondary N) is 1. The van der Waals surface area contributed by atoms with E-state index in [1.54, 1.807) is 23.0 Å². The molecule has 2 aromatic heterocycles. The second kappa shape index (κ2) is 9.76. The second-order valence-corrected chi connectivity index (χ2v) is 8.00. The zero-order chi connectivity index (χ0) is 23.4. The number of rotatable bonds is 10. The van der Waals surface area contributed by atoms with Gasteiger partial charge in [0.1, 0.15) is 11.6 Å². The number of carbonyl (C=O) groups is 1. The predicted octanol–water partition coefficient (Wildman–Crippen LogP) is 2.09. The molecule has 10 nitrogen and oxygen atoms in total. The molecule has 0 radical (unpaired) electrons. The largest absolute Gasteiger partial charge is 0.493 e. The Kier molecular flexibility index (Phi) is 6.62. The zero-order valence-corrected chi connectivity index (χ0v) is 18.5. The van der Waals surface area contributed by atoms with Crippen LogP contribution in [0.5, 0.6) is 5.75 Å². The molecule has 1 aromatic carbocycles. The molecule has 3 heterocycles. The number of carboxylic acid groups (broad SMARTS) is 1. The van der Waals surface area contributed by atoms with E-state index in [-0.39, 0.29) is 12.1 Å². The molecule has 0 saturated heterocycles. The van der Waals surface area contributed by atoms with Crippen LogP contribution in [0.15, 0.2) is 41.5 Å². The van der Waals surface area contributed by atoms with Crippen molar-refractivity contribution in [1.82, 2.24) is 19.1 Å². The third-order valence-electron chi connectivity index (χ3n) is 5.65. The maximum Gasteiger partial charge on any atom is 0.328 e. The first-order chi connectivity index (χ1) is 15.9. The summed E-state index contributed by atoms with van der Waals surface area (Å²) in [5.74, 6) is 0.676. The van der Waals surface area contributed by atoms with Gasteiger partial charge in [0, 0.05) is 43.7 Å². The minimum atomic E-state index is -0.973. The number of aliphatic carboxylic acids is 1. The topological polar surface area (TPSA) is 137 Å². The highest BCUT2D eigenvalue weighted by Gasteiger charge is 2.23. The molecule has 0 saturated carbocycles. The Hall–Kier alpha value is -3.82. The number of ether oxygens (including phenoxy) is 1. The van der Waals surface area contributed by atoms with E-state index in [0.717, 1.165) is 29.0 Å². The maximum absolute atomic E-state index is 13.1. The quantitative estimate of drug-likeness (QED) is 0.425. The molecule has 3 aromatic rings. The van der Waals surface area contributed by atoms with E-state index in [2.05, 4.69) is 15.3 Å². The Bertz CT molecular complexity index is 1200. The first kappa shape index (κ1) is 22.4. The highest BCUT2D eigenvalue weighted by Crippen LogP contribution is 2.31. The summed E-state index contributed by atoms with van der Waals surface area (Å²) in [6, 6.07) is 6.79. The summed E-state index contributed by atoms with van der Waals surface area (Å²) >= 11 is 0. The molecule has 0 amide bonds. The number of carboxylic acids is 1. The summed E-state index contributed by atoms with van der Waals surface area (Å²) < 4.78 is 8.70. The van der Waals surface area contributed by atoms with Crippen LogP contribution in [0.25, 0.3) is 0 Å². The highest BCUT2D eigenvalue weighted by atomic mass is 16.5. The van der Waals surface area contributed by atoms with Gasteiger partial charge in [-0.1, -0.05) is 12.1 Å². The summed E-state index contributed by atoms with van der Waals surface area (Å²) in [4.78, 5) is 33.2. The Morgan fingerprint density at radius 3 is 2.94 bits per heavy atom. The number of fused-ring (bicyclic) bond motifs is 1. The molecule has 1 unspecified atom stereocenters. The van der Waals surface area contributed by atoms with E-state index in [4.69, 9.17) is 10.5 Å². The number of aromatic nitrogens is 4. The van der Waals surface area contributed by atoms with Crippen LogP contribution in [-0.4, -0.2) is 43.3 Å². The van der Waals surface area contributed by atoms with Gasteiger partial charge in [-0.05, 0) is 37.0 Å². The van der Waals surface area contributed by atoms with E-state index in [9.17, 15) is 14.7 Å². The van der Waals surface area contributed by atoms with E-state index in [1.165, 1.54) is 4.57 Å². The van der Waals surface area contributed by atoms with E-state index in [1.807, 2.05) is 25.1 Å². The van der Waals surface area contributed by atoms with Crippen molar-refractivity contribution < 1.29 is 14.6 Å². The monoisotopic (exact) mass is 452 g/mol. The lowest BCUT2D eigenvalue weighted by atomic mass is 10.0. The normalized spacial score (nSPS) is 13.4. The van der Waals surface area contributed by atoms with Gasteiger partial charge in [-0.25, -0.2) is 9.78 Å². The summed E-state index contributed by atoms with van der Waals surface area (Å²) in [5.41, 5.74) is 8.24. The third kappa shape index (κ3) is 5.16. The van der Waals surface area contributed by atoms with Crippen molar-refractivity contribution in [2.45, 2.75) is 45.2 Å². The van der Waals surface area contributed by atoms with Crippen LogP contribution in [0.2, 0.25) is 0 Å². The average Bonchev–Trinajstić information content (AvgIpc) is 3.38. The molecule has 0 spiro atoms. The number of hydrogen-bond donors (Lipinski definition) is 3. The average molecular weight is 453 g/mol. The van der Waals surface area contributed by atoms with Crippen LogP contribution in [0.4, 0.5) is 11.8 Å². The van der Waals surface area contributed by atoms with Crippen molar-refractivity contribution in [2.24, 2.45) is 0 Å². The molecule has 1 atom stereocenters. The number of benzene rings is 1. The highest BCUT2D eigenvalue weighted by molar-refractivity contribution is 5.68. The smallest absolute Gasteiger partial charge is 0.328 e. The van der Waals surface area contributed by atoms with Crippen LogP contribution in [0.1, 0.15) is 42.6 Å². The molecule has 0 aliphatic carbocycles. The third-order valence-corrected chi connectivity index (χ3v) is 5.65. The molecule has 1 aliphatic heterocycles. The number of nitrogens with two attached hydrogens (primary N) is 1. The molecule has 33 heavy (non-hydrogen) atoms. The number of imidazole rings is 1. The van der Waals surface area contributed by atoms with Gasteiger partial charge in [0.2, 0.25) is 5.95 Å². The van der Waals surface area contributed by atoms with E-state index < -0.39 is 12.0 Å². The van der Waals surface area contributed by atoms with Gasteiger partial charge in [0.15, 0.2) is 0 Å². The number of nitrogens with zero attached hydrogens (tertiary/aromatic N) is 4. The van der Waals surface area contributed by atoms with Crippen molar-refractivity contribution in [2.75, 3.05) is 24.2 Å². The van der Waals surface area contributed by atoms with Crippen LogP contribution in [-0.2, 0) is 24.2 Å². The van der Waals surface area contributed by atoms with Gasteiger partial charge in [0.05, 0.1) is 19.1 Å². The number of hydrogen-bond acceptors (Lipinski definition) is 7. The Morgan fingerprint density at radius 2 is 2.15 bits per heavy atom. The summed E-state index contributed by atoms with van der Waals surface area (Å²) in [7, 11) is 0. The molecule has 10 heteroatoms. The Labute approximate surface area is 191 Å². The van der Waals surface area contributed by atoms with Gasteiger partial charge in [-0.2, -0.15) is 4.98 Å². The van der Waals surface area contributed by atoms with E-state index >= 15 is 0 Å². The maximum atomic E-state index is 13.1. The van der Waals surface area contributed by atoms with Crippen LogP contribution in [0, 0.1) is 0 Å². The van der Waals surface area contributed by atoms with Gasteiger partial charge < -0.3 is 20.9 Å². The number of anilines is 2. The molecule has 4 rings (SSSR count). The summed E-state index contributed by atoms with van der Waals surface area (Å²) in [6.07, 6.45) is 5.28. The summed E-state index contributed by atoms with van der Waals surface area (Å²) in [6.45, 7) is 3.74. The van der Waals surface area contributed by atoms with Gasteiger partial charge in [-0.3, -0.25) is 13.9 Å². The number of aryl methyl sites for hydroxylation is 2. The first-order valence-electron chi connectivity index (χ1n) is 11.1. The lowest BCUT2D eigenvalue weighted by Crippen LogP contribution is -2.29. The lowest BCUT2D eigenvalue weighted by Gasteiger charge is -2.17. The fourth-order valence-electron chi connectivity index (χ4n) is 4.08. The SMILES string of the molecule is CCNc1nc(N)cc(CCCn2ccn(C(CC(=O)O)c3ccc4c(c3)OCC4)c2=O)n1. The van der Waals surface area contributed by atoms with Crippen molar-refractivity contribution >= 4 is 17.7 Å². The van der Waals surface area contributed by atoms with Crippen molar-refractivity contribution in [3.8, 4) is 5.75 Å². The van der Waals surface area contributed by atoms with E-state index in [0.29, 0.717) is 44.3 Å². The fourth-order valence-corrected chi connectivity index (χ4v) is 4.08. The molecular weight excluding hydrogens is 424 g/mol. The zero-order valence-electron chi connectivity index (χ0n) is 18.5. The second-order valence-electron chi connectivity index (χ2n) is 8.00. The fraction of sp³-hybridized carbons (Fsp3) is 0.391. The van der Waals surface area contributed by atoms with Crippen molar-refractivity contribution in [3.63, 3.8) is 0 Å². The lowest BCUT2D eigenvalue weighted by molar-refractivity contribution is -0.137. The molecule has 0 bridgehead atoms. The summed E-state index contributed by atoms with van der Waals surface area (Å²) in [5, 5.41) is 12.5. The predicted molar refractivity (Wildman–Crippen MR) is 124 cm³/mol. The Morgan fingerprint density at radius 1 is 1.30 bits per heavy atom. The van der Waals surface area contributed by atoms with Crippen molar-refractivity contribution in [1.29, 1.82) is 0 Å². The standard InChI is InChI=1S/C23H28N6O4/c1-2-25-22-26-17(13-20(24)27-22)4-3-8-28-9-10-29(23(28)32)18(14-21(30)31)16-6-5-15-7-11-33-19(15)12-16/h5-6,9-10,12-13,18H,2-4,7-8,11,14H2,1H3,(H,30,31)(H3,24,25,26,27). The minimum Gasteiger partial charge on any atom is -0.493 e. The minimum absolute atomic E-state index is 0.198. The van der Waals surface area contributed by atoms with Gasteiger partial charge in [-0.15, -0.1) is 0 Å². The van der Waals surface area contributed by atoms with Crippen molar-refractivity contribution in [3.05, 3.63) is 64.0 Å². The molecule has 1 aliphatic rings. The van der Waals surface area contributed by atoms with Crippen LogP contribution < -0.4 is 21.5 Å². The van der Waals surface area contributed by atoms with Gasteiger partial charge in [0.25, 0.3) is 0 Å². The number of nitrogen functional groups attached to an aromatic ring is 1. The van der Waals surface area contributed by atoms with Crippen LogP contribution in [0.3, 0.4) is 0 Å². The molecule has 0 fully saturated rings. The van der Waals surface area contributed by atoms with Crippen LogP contribution >= 0.6 is 0 Å². The molecule has 174 valence electrons.